The minimum Gasteiger partial charge on any atom is -0.462 e. The van der Waals surface area contributed by atoms with Gasteiger partial charge in [-0.3, -0.25) is 14.4 Å². The smallest absolute Gasteiger partial charge is 0.316 e. The first-order valence-corrected chi connectivity index (χ1v) is 13.6. The van der Waals surface area contributed by atoms with Crippen LogP contribution in [-0.4, -0.2) is 96.2 Å². The molecule has 40 heavy (non-hydrogen) atoms. The number of benzene rings is 2. The molecule has 1 amide bonds. The Morgan fingerprint density at radius 3 is 2.80 bits per heavy atom. The standard InChI is InChI=1S/C28H31FN8O3/c1-35-13-18-10-19(11-22(29)24(18)34-35)32-26(38)20-2-3-23(37-6-4-30-5-7-37)21-12-31-27(33-25(20)21)40-9-8-36-14-28(15-36)16-39-17-28/h2-3,10-13,30H,4-9,14-17H2,1H3,(H,32,38). The number of carbonyl (C=O) groups is 1. The summed E-state index contributed by atoms with van der Waals surface area (Å²) in [7, 11) is 1.73. The fraction of sp³-hybridized carbons (Fsp3) is 0.429. The number of piperazine rings is 1. The summed E-state index contributed by atoms with van der Waals surface area (Å²) in [5.41, 5.74) is 2.79. The molecule has 0 bridgehead atoms. The lowest BCUT2D eigenvalue weighted by molar-refractivity contribution is -0.189. The van der Waals surface area contributed by atoms with Gasteiger partial charge in [0.15, 0.2) is 5.82 Å². The number of likely N-dealkylation sites (tertiary alicyclic amines) is 1. The Labute approximate surface area is 230 Å². The predicted octanol–water partition coefficient (Wildman–Crippen LogP) is 2.03. The van der Waals surface area contributed by atoms with E-state index in [0.717, 1.165) is 70.1 Å². The highest BCUT2D eigenvalue weighted by Gasteiger charge is 2.48. The van der Waals surface area contributed by atoms with E-state index in [9.17, 15) is 9.18 Å². The van der Waals surface area contributed by atoms with Crippen molar-refractivity contribution in [2.45, 2.75) is 0 Å². The Bertz CT molecular complexity index is 1590. The highest BCUT2D eigenvalue weighted by atomic mass is 19.1. The maximum absolute atomic E-state index is 14.7. The van der Waals surface area contributed by atoms with E-state index in [0.29, 0.717) is 34.2 Å². The van der Waals surface area contributed by atoms with Crippen molar-refractivity contribution < 1.29 is 18.7 Å². The van der Waals surface area contributed by atoms with Crippen LogP contribution in [0.2, 0.25) is 0 Å². The van der Waals surface area contributed by atoms with Gasteiger partial charge in [0, 0.05) is 92.8 Å². The average Bonchev–Trinajstić information content (AvgIpc) is 3.29. The molecule has 0 radical (unpaired) electrons. The summed E-state index contributed by atoms with van der Waals surface area (Å²) in [5, 5.41) is 11.7. The summed E-state index contributed by atoms with van der Waals surface area (Å²) in [5.74, 6) is -0.888. The van der Waals surface area contributed by atoms with Crippen LogP contribution in [0, 0.1) is 11.2 Å². The quantitative estimate of drug-likeness (QED) is 0.360. The molecule has 3 aliphatic heterocycles. The molecule has 2 N–H and O–H groups in total. The van der Waals surface area contributed by atoms with Crippen LogP contribution >= 0.6 is 0 Å². The number of nitrogens with zero attached hydrogens (tertiary/aromatic N) is 6. The van der Waals surface area contributed by atoms with E-state index in [2.05, 4.69) is 30.5 Å². The molecule has 0 saturated carbocycles. The Morgan fingerprint density at radius 1 is 1.20 bits per heavy atom. The topological polar surface area (TPSA) is 110 Å². The number of ether oxygens (including phenoxy) is 2. The Hall–Kier alpha value is -3.87. The van der Waals surface area contributed by atoms with Gasteiger partial charge in [-0.1, -0.05) is 0 Å². The molecule has 3 fully saturated rings. The van der Waals surface area contributed by atoms with Crippen LogP contribution in [0.1, 0.15) is 10.4 Å². The second kappa shape index (κ2) is 9.95. The first-order chi connectivity index (χ1) is 19.5. The van der Waals surface area contributed by atoms with Crippen molar-refractivity contribution in [3.63, 3.8) is 0 Å². The van der Waals surface area contributed by atoms with Crippen molar-refractivity contribution in [1.29, 1.82) is 0 Å². The number of nitrogens with one attached hydrogen (secondary N) is 2. The number of rotatable bonds is 7. The number of fused-ring (bicyclic) bond motifs is 2. The normalized spacial score (nSPS) is 18.6. The molecule has 11 nitrogen and oxygen atoms in total. The molecular weight excluding hydrogens is 515 g/mol. The molecule has 3 aliphatic rings. The van der Waals surface area contributed by atoms with Gasteiger partial charge in [-0.2, -0.15) is 10.1 Å². The number of aryl methyl sites for hydroxylation is 1. The Morgan fingerprint density at radius 2 is 2.02 bits per heavy atom. The van der Waals surface area contributed by atoms with E-state index >= 15 is 0 Å². The maximum atomic E-state index is 14.7. The molecule has 5 heterocycles. The second-order valence-electron chi connectivity index (χ2n) is 11.0. The zero-order valence-electron chi connectivity index (χ0n) is 22.3. The van der Waals surface area contributed by atoms with E-state index in [4.69, 9.17) is 14.5 Å². The lowest BCUT2D eigenvalue weighted by Crippen LogP contribution is -2.66. The summed E-state index contributed by atoms with van der Waals surface area (Å²) >= 11 is 0. The summed E-state index contributed by atoms with van der Waals surface area (Å²) in [6.45, 7) is 8.40. The van der Waals surface area contributed by atoms with Crippen LogP contribution in [0.3, 0.4) is 0 Å². The zero-order valence-corrected chi connectivity index (χ0v) is 22.3. The summed E-state index contributed by atoms with van der Waals surface area (Å²) in [4.78, 5) is 27.3. The summed E-state index contributed by atoms with van der Waals surface area (Å²) in [6, 6.07) is 6.92. The Kier molecular flexibility index (Phi) is 6.25. The zero-order chi connectivity index (χ0) is 27.3. The number of amides is 1. The van der Waals surface area contributed by atoms with E-state index in [-0.39, 0.29) is 11.5 Å². The molecule has 2 aromatic carbocycles. The first-order valence-electron chi connectivity index (χ1n) is 13.6. The van der Waals surface area contributed by atoms with Crippen LogP contribution < -0.4 is 20.3 Å². The molecule has 0 aliphatic carbocycles. The third-order valence-corrected chi connectivity index (χ3v) is 7.92. The second-order valence-corrected chi connectivity index (χ2v) is 11.0. The van der Waals surface area contributed by atoms with Gasteiger partial charge in [0.2, 0.25) is 0 Å². The fourth-order valence-electron chi connectivity index (χ4n) is 5.91. The number of carbonyl (C=O) groups excluding carboxylic acids is 1. The lowest BCUT2D eigenvalue weighted by Gasteiger charge is -2.55. The van der Waals surface area contributed by atoms with Gasteiger partial charge in [0.05, 0.1) is 24.3 Å². The number of halogens is 1. The van der Waals surface area contributed by atoms with Gasteiger partial charge in [0.25, 0.3) is 5.91 Å². The van der Waals surface area contributed by atoms with Gasteiger partial charge in [-0.25, -0.2) is 9.37 Å². The van der Waals surface area contributed by atoms with Gasteiger partial charge in [0.1, 0.15) is 12.1 Å². The van der Waals surface area contributed by atoms with E-state index in [1.807, 2.05) is 6.07 Å². The average molecular weight is 547 g/mol. The highest BCUT2D eigenvalue weighted by Crippen LogP contribution is 2.37. The van der Waals surface area contributed by atoms with Crippen LogP contribution in [-0.2, 0) is 11.8 Å². The minimum absolute atomic E-state index is 0.226. The van der Waals surface area contributed by atoms with Crippen molar-refractivity contribution in [3.8, 4) is 6.01 Å². The van der Waals surface area contributed by atoms with Gasteiger partial charge >= 0.3 is 6.01 Å². The molecular formula is C28H31FN8O3. The minimum atomic E-state index is -0.497. The molecule has 2 aromatic heterocycles. The van der Waals surface area contributed by atoms with Crippen LogP contribution in [0.15, 0.2) is 36.7 Å². The maximum Gasteiger partial charge on any atom is 0.316 e. The molecule has 3 saturated heterocycles. The Balaban J connectivity index is 1.15. The van der Waals surface area contributed by atoms with Gasteiger partial charge in [-0.15, -0.1) is 0 Å². The van der Waals surface area contributed by atoms with E-state index in [1.54, 1.807) is 36.3 Å². The predicted molar refractivity (Wildman–Crippen MR) is 148 cm³/mol. The molecule has 208 valence electrons. The van der Waals surface area contributed by atoms with E-state index in [1.165, 1.54) is 6.07 Å². The first kappa shape index (κ1) is 25.1. The monoisotopic (exact) mass is 546 g/mol. The summed E-state index contributed by atoms with van der Waals surface area (Å²) < 4.78 is 27.5. The largest absolute Gasteiger partial charge is 0.462 e. The van der Waals surface area contributed by atoms with Crippen molar-refractivity contribution >= 4 is 39.1 Å². The SMILES string of the molecule is Cn1cc2cc(NC(=O)c3ccc(N4CCNCC4)c4cnc(OCCN5CC6(COC6)C5)nc34)cc(F)c2n1. The van der Waals surface area contributed by atoms with E-state index < -0.39 is 11.7 Å². The molecule has 0 atom stereocenters. The van der Waals surface area contributed by atoms with Gasteiger partial charge in [-0.05, 0) is 24.3 Å². The third kappa shape index (κ3) is 4.61. The van der Waals surface area contributed by atoms with Crippen LogP contribution in [0.25, 0.3) is 21.8 Å². The number of anilines is 2. The van der Waals surface area contributed by atoms with Crippen molar-refractivity contribution in [3.05, 3.63) is 48.0 Å². The summed E-state index contributed by atoms with van der Waals surface area (Å²) in [6.07, 6.45) is 3.44. The fourth-order valence-corrected chi connectivity index (χ4v) is 5.91. The van der Waals surface area contributed by atoms with Crippen molar-refractivity contribution in [1.82, 2.24) is 30.0 Å². The molecule has 4 aromatic rings. The third-order valence-electron chi connectivity index (χ3n) is 7.92. The highest BCUT2D eigenvalue weighted by molar-refractivity contribution is 6.14. The van der Waals surface area contributed by atoms with Crippen LogP contribution in [0.5, 0.6) is 6.01 Å². The number of aromatic nitrogens is 4. The van der Waals surface area contributed by atoms with Crippen molar-refractivity contribution in [2.24, 2.45) is 12.5 Å². The lowest BCUT2D eigenvalue weighted by atomic mass is 9.78. The van der Waals surface area contributed by atoms with Crippen LogP contribution in [0.4, 0.5) is 15.8 Å². The number of hydrogen-bond donors (Lipinski definition) is 2. The molecule has 7 rings (SSSR count). The molecule has 0 unspecified atom stereocenters. The van der Waals surface area contributed by atoms with Gasteiger partial charge < -0.3 is 25.0 Å². The van der Waals surface area contributed by atoms with Crippen molar-refractivity contribution in [2.75, 3.05) is 75.9 Å². The number of hydrogen-bond acceptors (Lipinski definition) is 9. The molecule has 1 spiro atoms. The molecule has 12 heteroatoms.